The van der Waals surface area contributed by atoms with E-state index in [9.17, 15) is 19.7 Å². The molecule has 1 aliphatic rings. The van der Waals surface area contributed by atoms with Gasteiger partial charge in [-0.05, 0) is 98.2 Å². The van der Waals surface area contributed by atoms with E-state index in [-0.39, 0.29) is 16.4 Å². The Morgan fingerprint density at radius 2 is 1.44 bits per heavy atom. The maximum Gasteiger partial charge on any atom is 0.283 e. The first kappa shape index (κ1) is 27.9. The summed E-state index contributed by atoms with van der Waals surface area (Å²) in [5, 5.41) is 12.0. The van der Waals surface area contributed by atoms with Crippen LogP contribution in [0.2, 0.25) is 0 Å². The number of carbonyl (C=O) groups excluding carboxylic acids is 2. The molecule has 7 nitrogen and oxygen atoms in total. The summed E-state index contributed by atoms with van der Waals surface area (Å²) in [4.78, 5) is 43.2. The second-order valence-electron chi connectivity index (χ2n) is 9.63. The van der Waals surface area contributed by atoms with Gasteiger partial charge in [-0.2, -0.15) is 0 Å². The fourth-order valence-electron chi connectivity index (χ4n) is 4.38. The summed E-state index contributed by atoms with van der Waals surface area (Å²) in [6.45, 7) is 5.87. The molecule has 1 saturated heterocycles. The van der Waals surface area contributed by atoms with Crippen molar-refractivity contribution >= 4 is 64.0 Å². The second kappa shape index (κ2) is 11.5. The first-order chi connectivity index (χ1) is 19.6. The zero-order valence-corrected chi connectivity index (χ0v) is 24.2. The molecule has 0 spiro atoms. The molecule has 0 aromatic heterocycles. The summed E-state index contributed by atoms with van der Waals surface area (Å²) in [6, 6.07) is 26.7. The number of aryl methyl sites for hydroxylation is 3. The molecule has 4 aromatic rings. The molecule has 9 heteroatoms. The van der Waals surface area contributed by atoms with Gasteiger partial charge in [-0.25, -0.2) is 0 Å². The SMILES string of the molecule is Cc1ccc(Sc2ccc(/C=C3\C(=O)N(c4ccccc4)C(=S)N(c4ccc(C)c(C)c4)C3=O)cc2[N+](=O)[O-])cc1. The molecule has 2 amide bonds. The zero-order valence-electron chi connectivity index (χ0n) is 22.5. The van der Waals surface area contributed by atoms with Crippen molar-refractivity contribution in [2.24, 2.45) is 0 Å². The van der Waals surface area contributed by atoms with Gasteiger partial charge >= 0.3 is 0 Å². The van der Waals surface area contributed by atoms with Crippen LogP contribution in [0.3, 0.4) is 0 Å². The Bertz CT molecular complexity index is 1730. The fourth-order valence-corrected chi connectivity index (χ4v) is 5.66. The number of benzene rings is 4. The van der Waals surface area contributed by atoms with Crippen LogP contribution in [0, 0.1) is 30.9 Å². The van der Waals surface area contributed by atoms with Crippen molar-refractivity contribution in [2.75, 3.05) is 9.80 Å². The molecule has 1 fully saturated rings. The fraction of sp³-hybridized carbons (Fsp3) is 0.0938. The average Bonchev–Trinajstić information content (AvgIpc) is 2.95. The van der Waals surface area contributed by atoms with Crippen molar-refractivity contribution in [1.29, 1.82) is 0 Å². The molecule has 0 saturated carbocycles. The minimum atomic E-state index is -0.605. The van der Waals surface area contributed by atoms with Crippen LogP contribution >= 0.6 is 24.0 Å². The summed E-state index contributed by atoms with van der Waals surface area (Å²) in [5.41, 5.74) is 4.20. The molecule has 5 rings (SSSR count). The lowest BCUT2D eigenvalue weighted by atomic mass is 10.0. The van der Waals surface area contributed by atoms with E-state index in [1.807, 2.05) is 63.2 Å². The van der Waals surface area contributed by atoms with Gasteiger partial charge in [0, 0.05) is 11.0 Å². The summed E-state index contributed by atoms with van der Waals surface area (Å²) in [7, 11) is 0. The van der Waals surface area contributed by atoms with Gasteiger partial charge in [-0.1, -0.05) is 59.8 Å². The van der Waals surface area contributed by atoms with Gasteiger partial charge in [0.2, 0.25) is 0 Å². The molecule has 41 heavy (non-hydrogen) atoms. The number of anilines is 2. The van der Waals surface area contributed by atoms with Gasteiger partial charge in [0.25, 0.3) is 17.5 Å². The number of hydrogen-bond donors (Lipinski definition) is 0. The highest BCUT2D eigenvalue weighted by molar-refractivity contribution is 7.99. The first-order valence-electron chi connectivity index (χ1n) is 12.7. The molecule has 0 N–H and O–H groups in total. The predicted octanol–water partition coefficient (Wildman–Crippen LogP) is 7.42. The van der Waals surface area contributed by atoms with Crippen LogP contribution in [0.5, 0.6) is 0 Å². The molecule has 1 heterocycles. The molecule has 0 bridgehead atoms. The number of amides is 2. The Labute approximate surface area is 247 Å². The summed E-state index contributed by atoms with van der Waals surface area (Å²) in [6.07, 6.45) is 1.39. The number of thiocarbonyl (C=S) groups is 1. The normalized spacial score (nSPS) is 14.6. The standard InChI is InChI=1S/C32H25N3O4S2/c1-20-9-14-26(15-10-20)41-29-16-12-23(19-28(29)35(38)39)18-27-30(36)33(24-7-5-4-6-8-24)32(40)34(31(27)37)25-13-11-21(2)22(3)17-25/h4-19H,1-3H3/b27-18+. The molecule has 4 aromatic carbocycles. The van der Waals surface area contributed by atoms with E-state index >= 15 is 0 Å². The highest BCUT2D eigenvalue weighted by atomic mass is 32.2. The van der Waals surface area contributed by atoms with Crippen molar-refractivity contribution in [2.45, 2.75) is 30.6 Å². The minimum absolute atomic E-state index is 0.0300. The van der Waals surface area contributed by atoms with E-state index in [0.29, 0.717) is 21.8 Å². The number of nitro groups is 1. The molecule has 204 valence electrons. The van der Waals surface area contributed by atoms with Gasteiger partial charge in [0.15, 0.2) is 5.11 Å². The number of carbonyl (C=O) groups is 2. The van der Waals surface area contributed by atoms with E-state index in [1.54, 1.807) is 42.5 Å². The molecule has 1 aliphatic heterocycles. The third-order valence-corrected chi connectivity index (χ3v) is 8.19. The zero-order chi connectivity index (χ0) is 29.3. The monoisotopic (exact) mass is 579 g/mol. The predicted molar refractivity (Wildman–Crippen MR) is 166 cm³/mol. The highest BCUT2D eigenvalue weighted by Crippen LogP contribution is 2.37. The third-order valence-electron chi connectivity index (χ3n) is 6.75. The summed E-state index contributed by atoms with van der Waals surface area (Å²) >= 11 is 6.97. The third kappa shape index (κ3) is 5.68. The Kier molecular flexibility index (Phi) is 7.83. The first-order valence-corrected chi connectivity index (χ1v) is 14.0. The largest absolute Gasteiger partial charge is 0.283 e. The van der Waals surface area contributed by atoms with E-state index < -0.39 is 16.7 Å². The summed E-state index contributed by atoms with van der Waals surface area (Å²) in [5.74, 6) is -1.21. The topological polar surface area (TPSA) is 83.8 Å². The van der Waals surface area contributed by atoms with Crippen LogP contribution in [-0.2, 0) is 9.59 Å². The number of para-hydroxylation sites is 1. The quantitative estimate of drug-likeness (QED) is 0.0777. The molecular weight excluding hydrogens is 555 g/mol. The molecule has 0 aliphatic carbocycles. The lowest BCUT2D eigenvalue weighted by molar-refractivity contribution is -0.387. The van der Waals surface area contributed by atoms with Crippen molar-refractivity contribution in [3.8, 4) is 0 Å². The van der Waals surface area contributed by atoms with E-state index in [0.717, 1.165) is 21.6 Å². The van der Waals surface area contributed by atoms with E-state index in [2.05, 4.69) is 0 Å². The van der Waals surface area contributed by atoms with Gasteiger partial charge in [0.05, 0.1) is 21.2 Å². The second-order valence-corrected chi connectivity index (χ2v) is 11.1. The van der Waals surface area contributed by atoms with Gasteiger partial charge < -0.3 is 0 Å². The lowest BCUT2D eigenvalue weighted by Crippen LogP contribution is -2.57. The molecule has 0 radical (unpaired) electrons. The Balaban J connectivity index is 1.59. The Morgan fingerprint density at radius 1 is 0.780 bits per heavy atom. The van der Waals surface area contributed by atoms with Crippen molar-refractivity contribution < 1.29 is 14.5 Å². The number of nitro benzene ring substituents is 1. The number of hydrogen-bond acceptors (Lipinski definition) is 6. The Morgan fingerprint density at radius 3 is 2.07 bits per heavy atom. The lowest BCUT2D eigenvalue weighted by Gasteiger charge is -2.36. The Hall–Kier alpha value is -4.60. The molecule has 0 atom stereocenters. The maximum absolute atomic E-state index is 13.9. The number of nitrogens with zero attached hydrogens (tertiary/aromatic N) is 3. The van der Waals surface area contributed by atoms with E-state index in [4.69, 9.17) is 12.2 Å². The van der Waals surface area contributed by atoms with Gasteiger partial charge in [-0.15, -0.1) is 0 Å². The van der Waals surface area contributed by atoms with Gasteiger partial charge in [-0.3, -0.25) is 29.5 Å². The van der Waals surface area contributed by atoms with Crippen molar-refractivity contribution in [1.82, 2.24) is 0 Å². The van der Waals surface area contributed by atoms with Crippen LogP contribution < -0.4 is 9.80 Å². The van der Waals surface area contributed by atoms with Crippen LogP contribution in [-0.4, -0.2) is 21.9 Å². The van der Waals surface area contributed by atoms with Crippen LogP contribution in [0.15, 0.2) is 106 Å². The smallest absolute Gasteiger partial charge is 0.268 e. The molecule has 0 unspecified atom stereocenters. The molecular formula is C32H25N3O4S2. The summed E-state index contributed by atoms with van der Waals surface area (Å²) < 4.78 is 0. The van der Waals surface area contributed by atoms with E-state index in [1.165, 1.54) is 33.7 Å². The van der Waals surface area contributed by atoms with Crippen molar-refractivity contribution in [3.05, 3.63) is 129 Å². The average molecular weight is 580 g/mol. The van der Waals surface area contributed by atoms with Gasteiger partial charge in [0.1, 0.15) is 5.57 Å². The van der Waals surface area contributed by atoms with Crippen molar-refractivity contribution in [3.63, 3.8) is 0 Å². The van der Waals surface area contributed by atoms with Crippen LogP contribution in [0.4, 0.5) is 17.1 Å². The highest BCUT2D eigenvalue weighted by Gasteiger charge is 2.41. The van der Waals surface area contributed by atoms with Crippen LogP contribution in [0.25, 0.3) is 6.08 Å². The van der Waals surface area contributed by atoms with Crippen LogP contribution in [0.1, 0.15) is 22.3 Å². The maximum atomic E-state index is 13.9. The number of rotatable bonds is 6. The minimum Gasteiger partial charge on any atom is -0.268 e.